The highest BCUT2D eigenvalue weighted by Crippen LogP contribution is 2.28. The van der Waals surface area contributed by atoms with E-state index in [0.717, 1.165) is 42.1 Å². The summed E-state index contributed by atoms with van der Waals surface area (Å²) in [6.45, 7) is 1.58. The zero-order chi connectivity index (χ0) is 17.1. The smallest absolute Gasteiger partial charge is 0.270 e. The van der Waals surface area contributed by atoms with Gasteiger partial charge in [0.1, 0.15) is 5.01 Å². The maximum atomic E-state index is 10.9. The van der Waals surface area contributed by atoms with E-state index in [-0.39, 0.29) is 11.8 Å². The largest absolute Gasteiger partial charge is 0.393 e. The molecule has 0 aliphatic heterocycles. The molecule has 24 heavy (non-hydrogen) atoms. The van der Waals surface area contributed by atoms with E-state index >= 15 is 0 Å². The topological polar surface area (TPSA) is 79.5 Å². The number of rotatable bonds is 6. The molecule has 1 saturated carbocycles. The summed E-state index contributed by atoms with van der Waals surface area (Å²) in [5, 5.41) is 23.6. The Bertz CT molecular complexity index is 719. The van der Waals surface area contributed by atoms with Crippen molar-refractivity contribution in [3.8, 4) is 10.6 Å². The molecule has 1 fully saturated rings. The number of aromatic nitrogens is 1. The highest BCUT2D eigenvalue weighted by Gasteiger charge is 2.26. The van der Waals surface area contributed by atoms with Gasteiger partial charge in [0.2, 0.25) is 0 Å². The minimum Gasteiger partial charge on any atom is -0.393 e. The van der Waals surface area contributed by atoms with Crippen LogP contribution < -0.4 is 0 Å². The molecule has 1 heterocycles. The van der Waals surface area contributed by atoms with Crippen LogP contribution in [-0.4, -0.2) is 39.6 Å². The first-order chi connectivity index (χ1) is 11.5. The Morgan fingerprint density at radius 3 is 3.00 bits per heavy atom. The van der Waals surface area contributed by atoms with E-state index in [9.17, 15) is 15.2 Å². The second-order valence-electron chi connectivity index (χ2n) is 6.41. The van der Waals surface area contributed by atoms with Crippen LogP contribution >= 0.6 is 11.3 Å². The molecule has 1 aliphatic rings. The Balaban J connectivity index is 1.65. The molecular weight excluding hydrogens is 326 g/mol. The number of nitrogens with zero attached hydrogens (tertiary/aromatic N) is 3. The van der Waals surface area contributed by atoms with Gasteiger partial charge >= 0.3 is 0 Å². The van der Waals surface area contributed by atoms with Crippen LogP contribution in [-0.2, 0) is 6.54 Å². The first kappa shape index (κ1) is 17.0. The van der Waals surface area contributed by atoms with E-state index in [1.54, 1.807) is 12.1 Å². The summed E-state index contributed by atoms with van der Waals surface area (Å²) in [5.41, 5.74) is 1.81. The molecule has 2 atom stereocenters. The summed E-state index contributed by atoms with van der Waals surface area (Å²) in [7, 11) is 2.04. The molecule has 0 bridgehead atoms. The molecule has 7 heteroatoms. The van der Waals surface area contributed by atoms with Crippen molar-refractivity contribution in [2.45, 2.75) is 31.9 Å². The predicted octanol–water partition coefficient (Wildman–Crippen LogP) is 3.31. The number of hydrogen-bond donors (Lipinski definition) is 1. The molecular formula is C17H21N3O3S. The highest BCUT2D eigenvalue weighted by molar-refractivity contribution is 7.13. The van der Waals surface area contributed by atoms with Crippen molar-refractivity contribution in [1.82, 2.24) is 9.88 Å². The van der Waals surface area contributed by atoms with Crippen molar-refractivity contribution in [1.29, 1.82) is 0 Å². The van der Waals surface area contributed by atoms with Crippen LogP contribution in [0.4, 0.5) is 5.69 Å². The normalized spacial score (nSPS) is 20.6. The van der Waals surface area contributed by atoms with Crippen LogP contribution in [0, 0.1) is 16.0 Å². The van der Waals surface area contributed by atoms with Gasteiger partial charge in [-0.3, -0.25) is 10.1 Å². The Morgan fingerprint density at radius 1 is 1.46 bits per heavy atom. The molecule has 0 unspecified atom stereocenters. The Labute approximate surface area is 144 Å². The molecule has 3 rings (SSSR count). The fraction of sp³-hybridized carbons (Fsp3) is 0.471. The second kappa shape index (κ2) is 7.38. The lowest BCUT2D eigenvalue weighted by atomic mass is 10.1. The standard InChI is InChI=1S/C17H21N3O3S/c1-19(9-13-5-3-7-16(13)21)10-14-11-24-17(18-14)12-4-2-6-15(8-12)20(22)23/h2,4,6,8,11,13,16,21H,3,5,7,9-10H2,1H3/t13-,16-/m1/s1. The molecule has 6 nitrogen and oxygen atoms in total. The summed E-state index contributed by atoms with van der Waals surface area (Å²) >= 11 is 1.50. The van der Waals surface area contributed by atoms with Gasteiger partial charge in [-0.05, 0) is 25.8 Å². The van der Waals surface area contributed by atoms with Crippen molar-refractivity contribution in [2.24, 2.45) is 5.92 Å². The maximum absolute atomic E-state index is 10.9. The number of hydrogen-bond acceptors (Lipinski definition) is 6. The van der Waals surface area contributed by atoms with Gasteiger partial charge in [0.25, 0.3) is 5.69 Å². The van der Waals surface area contributed by atoms with E-state index in [1.807, 2.05) is 18.5 Å². The molecule has 0 spiro atoms. The summed E-state index contributed by atoms with van der Waals surface area (Å²) in [5.74, 6) is 0.352. The average Bonchev–Trinajstić information content (AvgIpc) is 3.17. The molecule has 1 N–H and O–H groups in total. The first-order valence-electron chi connectivity index (χ1n) is 8.09. The van der Waals surface area contributed by atoms with Gasteiger partial charge in [-0.1, -0.05) is 18.6 Å². The highest BCUT2D eigenvalue weighted by atomic mass is 32.1. The molecule has 0 amide bonds. The van der Waals surface area contributed by atoms with Gasteiger partial charge < -0.3 is 10.0 Å². The van der Waals surface area contributed by atoms with Gasteiger partial charge in [0.05, 0.1) is 16.7 Å². The quantitative estimate of drug-likeness (QED) is 0.640. The van der Waals surface area contributed by atoms with E-state index in [1.165, 1.54) is 17.4 Å². The molecule has 0 radical (unpaired) electrons. The van der Waals surface area contributed by atoms with Crippen molar-refractivity contribution < 1.29 is 10.0 Å². The Morgan fingerprint density at radius 2 is 2.29 bits per heavy atom. The monoisotopic (exact) mass is 347 g/mol. The van der Waals surface area contributed by atoms with Gasteiger partial charge in [-0.25, -0.2) is 4.98 Å². The fourth-order valence-corrected chi connectivity index (χ4v) is 4.04. The van der Waals surface area contributed by atoms with E-state index in [2.05, 4.69) is 9.88 Å². The molecule has 0 saturated heterocycles. The van der Waals surface area contributed by atoms with Gasteiger partial charge in [-0.15, -0.1) is 11.3 Å². The van der Waals surface area contributed by atoms with E-state index in [0.29, 0.717) is 12.5 Å². The number of benzene rings is 1. The lowest BCUT2D eigenvalue weighted by Crippen LogP contribution is -2.29. The number of non-ortho nitro benzene ring substituents is 1. The SMILES string of the molecule is CN(Cc1csc(-c2cccc([N+](=O)[O-])c2)n1)C[C@H]1CCC[C@H]1O. The number of aliphatic hydroxyl groups excluding tert-OH is 1. The maximum Gasteiger partial charge on any atom is 0.270 e. The van der Waals surface area contributed by atoms with Crippen LogP contribution in [0.15, 0.2) is 29.6 Å². The van der Waals surface area contributed by atoms with Crippen molar-refractivity contribution >= 4 is 17.0 Å². The van der Waals surface area contributed by atoms with Gasteiger partial charge in [-0.2, -0.15) is 0 Å². The third kappa shape index (κ3) is 3.98. The third-order valence-electron chi connectivity index (χ3n) is 4.45. The molecule has 2 aromatic rings. The van der Waals surface area contributed by atoms with Crippen LogP contribution in [0.25, 0.3) is 10.6 Å². The minimum absolute atomic E-state index is 0.0802. The Hall–Kier alpha value is -1.83. The lowest BCUT2D eigenvalue weighted by molar-refractivity contribution is -0.384. The second-order valence-corrected chi connectivity index (χ2v) is 7.26. The third-order valence-corrected chi connectivity index (χ3v) is 5.39. The number of nitro benzene ring substituents is 1. The van der Waals surface area contributed by atoms with Crippen LogP contribution in [0.3, 0.4) is 0 Å². The predicted molar refractivity (Wildman–Crippen MR) is 93.9 cm³/mol. The molecule has 128 valence electrons. The lowest BCUT2D eigenvalue weighted by Gasteiger charge is -2.22. The van der Waals surface area contributed by atoms with Gasteiger partial charge in [0.15, 0.2) is 0 Å². The number of aliphatic hydroxyl groups is 1. The number of thiazole rings is 1. The van der Waals surface area contributed by atoms with Crippen molar-refractivity contribution in [3.63, 3.8) is 0 Å². The average molecular weight is 347 g/mol. The van der Waals surface area contributed by atoms with Crippen LogP contribution in [0.1, 0.15) is 25.0 Å². The van der Waals surface area contributed by atoms with E-state index in [4.69, 9.17) is 0 Å². The summed E-state index contributed by atoms with van der Waals surface area (Å²) < 4.78 is 0. The van der Waals surface area contributed by atoms with Crippen LogP contribution in [0.5, 0.6) is 0 Å². The summed E-state index contributed by atoms with van der Waals surface area (Å²) in [6, 6.07) is 6.57. The summed E-state index contributed by atoms with van der Waals surface area (Å²) in [6.07, 6.45) is 2.92. The minimum atomic E-state index is -0.390. The van der Waals surface area contributed by atoms with Crippen LogP contribution in [0.2, 0.25) is 0 Å². The number of nitro groups is 1. The van der Waals surface area contributed by atoms with Crippen molar-refractivity contribution in [2.75, 3.05) is 13.6 Å². The molecule has 1 aromatic carbocycles. The Kier molecular flexibility index (Phi) is 5.23. The first-order valence-corrected chi connectivity index (χ1v) is 8.96. The van der Waals surface area contributed by atoms with Gasteiger partial charge in [0, 0.05) is 36.2 Å². The molecule has 1 aliphatic carbocycles. The van der Waals surface area contributed by atoms with Crippen molar-refractivity contribution in [3.05, 3.63) is 45.5 Å². The molecule has 1 aromatic heterocycles. The summed E-state index contributed by atoms with van der Waals surface area (Å²) in [4.78, 5) is 17.3. The fourth-order valence-electron chi connectivity index (χ4n) is 3.24. The zero-order valence-corrected chi connectivity index (χ0v) is 14.4. The van der Waals surface area contributed by atoms with E-state index < -0.39 is 4.92 Å². The zero-order valence-electron chi connectivity index (χ0n) is 13.6.